The fourth-order valence-corrected chi connectivity index (χ4v) is 3.61. The number of carbonyl (C=O) groups excluding carboxylic acids is 2. The predicted molar refractivity (Wildman–Crippen MR) is 112 cm³/mol. The van der Waals surface area contributed by atoms with Gasteiger partial charge in [0.1, 0.15) is 5.56 Å². The van der Waals surface area contributed by atoms with Crippen molar-refractivity contribution in [3.8, 4) is 0 Å². The Morgan fingerprint density at radius 3 is 2.86 bits per heavy atom. The average molecular weight is 415 g/mol. The molecule has 3 N–H and O–H groups in total. The minimum absolute atomic E-state index is 0.0195. The van der Waals surface area contributed by atoms with E-state index in [1.165, 1.54) is 23.6 Å². The third-order valence-corrected chi connectivity index (χ3v) is 5.33. The molecule has 1 aromatic carbocycles. The van der Waals surface area contributed by atoms with Crippen molar-refractivity contribution in [1.82, 2.24) is 9.97 Å². The smallest absolute Gasteiger partial charge is 0.263 e. The quantitative estimate of drug-likeness (QED) is 0.514. The first-order valence-electron chi connectivity index (χ1n) is 8.42. The largest absolute Gasteiger partial charge is 0.328 e. The van der Waals surface area contributed by atoms with E-state index in [2.05, 4.69) is 20.6 Å². The second kappa shape index (κ2) is 9.34. The van der Waals surface area contributed by atoms with E-state index >= 15 is 0 Å². The van der Waals surface area contributed by atoms with Crippen LogP contribution in [0.25, 0.3) is 0 Å². The molecule has 0 radical (unpaired) electrons. The SMILES string of the molecule is CSc1cccc(NC(=O)CCc2csc(NC(=O)c3ccc[nH]c3=O)n2)c1. The molecule has 144 valence electrons. The van der Waals surface area contributed by atoms with Gasteiger partial charge in [-0.05, 0) is 43.0 Å². The number of aromatic nitrogens is 2. The molecule has 0 bridgehead atoms. The summed E-state index contributed by atoms with van der Waals surface area (Å²) in [5.41, 5.74) is 1.02. The van der Waals surface area contributed by atoms with Crippen molar-refractivity contribution in [2.24, 2.45) is 0 Å². The molecular formula is C19H18N4O3S2. The normalized spacial score (nSPS) is 10.5. The lowest BCUT2D eigenvalue weighted by atomic mass is 10.2. The van der Waals surface area contributed by atoms with E-state index in [0.717, 1.165) is 10.6 Å². The van der Waals surface area contributed by atoms with Crippen molar-refractivity contribution >= 4 is 45.7 Å². The fraction of sp³-hybridized carbons (Fsp3) is 0.158. The lowest BCUT2D eigenvalue weighted by molar-refractivity contribution is -0.116. The maximum Gasteiger partial charge on any atom is 0.263 e. The maximum atomic E-state index is 12.1. The van der Waals surface area contributed by atoms with E-state index in [4.69, 9.17) is 0 Å². The first-order chi connectivity index (χ1) is 13.5. The summed E-state index contributed by atoms with van der Waals surface area (Å²) in [5.74, 6) is -0.623. The van der Waals surface area contributed by atoms with Crippen LogP contribution in [-0.4, -0.2) is 28.0 Å². The Balaban J connectivity index is 1.53. The highest BCUT2D eigenvalue weighted by molar-refractivity contribution is 7.98. The molecule has 0 unspecified atom stereocenters. The lowest BCUT2D eigenvalue weighted by Gasteiger charge is -2.06. The summed E-state index contributed by atoms with van der Waals surface area (Å²) in [6.45, 7) is 0. The number of nitrogens with one attached hydrogen (secondary N) is 3. The molecule has 2 aromatic heterocycles. The van der Waals surface area contributed by atoms with E-state index in [0.29, 0.717) is 17.2 Å². The highest BCUT2D eigenvalue weighted by atomic mass is 32.2. The zero-order valence-electron chi connectivity index (χ0n) is 15.0. The number of benzene rings is 1. The van der Waals surface area contributed by atoms with E-state index in [1.807, 2.05) is 30.5 Å². The van der Waals surface area contributed by atoms with Crippen molar-refractivity contribution in [3.05, 3.63) is 69.6 Å². The van der Waals surface area contributed by atoms with Crippen LogP contribution in [0.4, 0.5) is 10.8 Å². The molecular weight excluding hydrogens is 396 g/mol. The first kappa shape index (κ1) is 19.8. The van der Waals surface area contributed by atoms with Crippen LogP contribution in [0.1, 0.15) is 22.5 Å². The zero-order valence-corrected chi connectivity index (χ0v) is 16.7. The number of carbonyl (C=O) groups is 2. The molecule has 0 saturated heterocycles. The van der Waals surface area contributed by atoms with E-state index in [9.17, 15) is 14.4 Å². The summed E-state index contributed by atoms with van der Waals surface area (Å²) in [5, 5.41) is 7.64. The first-order valence-corrected chi connectivity index (χ1v) is 10.5. The van der Waals surface area contributed by atoms with Crippen molar-refractivity contribution < 1.29 is 9.59 Å². The Bertz CT molecular complexity index is 1050. The van der Waals surface area contributed by atoms with Crippen LogP contribution < -0.4 is 16.2 Å². The average Bonchev–Trinajstić information content (AvgIpc) is 3.14. The standard InChI is InChI=1S/C19H18N4O3S2/c1-27-14-5-2-4-12(10-14)21-16(24)8-7-13-11-28-19(22-13)23-18(26)15-6-3-9-20-17(15)25/h2-6,9-11H,7-8H2,1H3,(H,20,25)(H,21,24)(H,22,23,26). The summed E-state index contributed by atoms with van der Waals surface area (Å²) in [6, 6.07) is 10.7. The zero-order chi connectivity index (χ0) is 19.9. The number of H-pyrrole nitrogens is 1. The molecule has 0 aliphatic heterocycles. The number of amides is 2. The van der Waals surface area contributed by atoms with E-state index in [1.54, 1.807) is 23.2 Å². The number of hydrogen-bond acceptors (Lipinski definition) is 6. The maximum absolute atomic E-state index is 12.1. The number of anilines is 2. The van der Waals surface area contributed by atoms with Crippen LogP contribution >= 0.6 is 23.1 Å². The molecule has 0 saturated carbocycles. The van der Waals surface area contributed by atoms with Crippen LogP contribution in [0.3, 0.4) is 0 Å². The second-order valence-electron chi connectivity index (χ2n) is 5.79. The van der Waals surface area contributed by atoms with Gasteiger partial charge in [0, 0.05) is 28.6 Å². The third kappa shape index (κ3) is 5.30. The summed E-state index contributed by atoms with van der Waals surface area (Å²) in [4.78, 5) is 43.8. The Morgan fingerprint density at radius 1 is 1.21 bits per heavy atom. The molecule has 2 amide bonds. The molecule has 9 heteroatoms. The Labute approximate surface area is 169 Å². The minimum Gasteiger partial charge on any atom is -0.328 e. The van der Waals surface area contributed by atoms with Gasteiger partial charge in [-0.3, -0.25) is 19.7 Å². The van der Waals surface area contributed by atoms with Gasteiger partial charge in [0.2, 0.25) is 5.91 Å². The molecule has 0 atom stereocenters. The summed E-state index contributed by atoms with van der Waals surface area (Å²) in [6.07, 6.45) is 4.17. The molecule has 28 heavy (non-hydrogen) atoms. The topological polar surface area (TPSA) is 104 Å². The number of thioether (sulfide) groups is 1. The number of hydrogen-bond donors (Lipinski definition) is 3. The lowest BCUT2D eigenvalue weighted by Crippen LogP contribution is -2.22. The Hall–Kier alpha value is -2.91. The minimum atomic E-state index is -0.519. The molecule has 3 aromatic rings. The number of thiazole rings is 1. The van der Waals surface area contributed by atoms with Crippen LogP contribution in [0.2, 0.25) is 0 Å². The predicted octanol–water partition coefficient (Wildman–Crippen LogP) is 3.38. The molecule has 0 fully saturated rings. The van der Waals surface area contributed by atoms with Gasteiger partial charge in [-0.2, -0.15) is 0 Å². The monoisotopic (exact) mass is 414 g/mol. The van der Waals surface area contributed by atoms with Crippen LogP contribution in [0.15, 0.2) is 57.7 Å². The Morgan fingerprint density at radius 2 is 2.07 bits per heavy atom. The van der Waals surface area contributed by atoms with Gasteiger partial charge >= 0.3 is 0 Å². The summed E-state index contributed by atoms with van der Waals surface area (Å²) >= 11 is 2.86. The number of nitrogens with zero attached hydrogens (tertiary/aromatic N) is 1. The summed E-state index contributed by atoms with van der Waals surface area (Å²) < 4.78 is 0. The van der Waals surface area contributed by atoms with Gasteiger partial charge in [-0.25, -0.2) is 4.98 Å². The molecule has 0 aliphatic rings. The molecule has 2 heterocycles. The number of pyridine rings is 1. The van der Waals surface area contributed by atoms with Gasteiger partial charge in [0.05, 0.1) is 5.69 Å². The van der Waals surface area contributed by atoms with Gasteiger partial charge < -0.3 is 10.3 Å². The number of aromatic amines is 1. The molecule has 7 nitrogen and oxygen atoms in total. The van der Waals surface area contributed by atoms with Gasteiger partial charge in [0.15, 0.2) is 5.13 Å². The van der Waals surface area contributed by atoms with Crippen LogP contribution in [0.5, 0.6) is 0 Å². The highest BCUT2D eigenvalue weighted by Gasteiger charge is 2.13. The van der Waals surface area contributed by atoms with Crippen molar-refractivity contribution in [1.29, 1.82) is 0 Å². The van der Waals surface area contributed by atoms with Gasteiger partial charge in [-0.1, -0.05) is 6.07 Å². The second-order valence-corrected chi connectivity index (χ2v) is 7.53. The molecule has 3 rings (SSSR count). The fourth-order valence-electron chi connectivity index (χ4n) is 2.41. The van der Waals surface area contributed by atoms with Crippen LogP contribution in [-0.2, 0) is 11.2 Å². The van der Waals surface area contributed by atoms with Crippen molar-refractivity contribution in [2.45, 2.75) is 17.7 Å². The highest BCUT2D eigenvalue weighted by Crippen LogP contribution is 2.20. The van der Waals surface area contributed by atoms with Gasteiger partial charge in [0.25, 0.3) is 11.5 Å². The van der Waals surface area contributed by atoms with Crippen LogP contribution in [0, 0.1) is 0 Å². The van der Waals surface area contributed by atoms with Crippen molar-refractivity contribution in [3.63, 3.8) is 0 Å². The van der Waals surface area contributed by atoms with Gasteiger partial charge in [-0.15, -0.1) is 23.1 Å². The van der Waals surface area contributed by atoms with E-state index < -0.39 is 11.5 Å². The third-order valence-electron chi connectivity index (χ3n) is 3.80. The number of rotatable bonds is 7. The molecule has 0 spiro atoms. The molecule has 0 aliphatic carbocycles. The summed E-state index contributed by atoms with van der Waals surface area (Å²) in [7, 11) is 0. The van der Waals surface area contributed by atoms with E-state index in [-0.39, 0.29) is 17.9 Å². The Kier molecular flexibility index (Phi) is 6.62. The number of aryl methyl sites for hydroxylation is 1. The van der Waals surface area contributed by atoms with Crippen molar-refractivity contribution in [2.75, 3.05) is 16.9 Å².